The number of carbonyl (C=O) groups excluding carboxylic acids is 1. The Morgan fingerprint density at radius 1 is 1.44 bits per heavy atom. The fourth-order valence-corrected chi connectivity index (χ4v) is 2.66. The summed E-state index contributed by atoms with van der Waals surface area (Å²) in [5.41, 5.74) is 7.97. The Hall–Kier alpha value is -1.35. The highest BCUT2D eigenvalue weighted by Gasteiger charge is 2.46. The van der Waals surface area contributed by atoms with E-state index < -0.39 is 0 Å². The van der Waals surface area contributed by atoms with Gasteiger partial charge >= 0.3 is 0 Å². The lowest BCUT2D eigenvalue weighted by Gasteiger charge is -2.25. The van der Waals surface area contributed by atoms with Gasteiger partial charge in [-0.2, -0.15) is 0 Å². The van der Waals surface area contributed by atoms with E-state index in [1.54, 1.807) is 0 Å². The molecule has 1 aliphatic rings. The number of hydrogen-bond acceptors (Lipinski definition) is 1. The molecule has 1 aromatic carbocycles. The molecule has 2 rings (SSSR count). The van der Waals surface area contributed by atoms with Gasteiger partial charge in [0.25, 0.3) is 5.91 Å². The van der Waals surface area contributed by atoms with Gasteiger partial charge in [-0.15, -0.1) is 0 Å². The third kappa shape index (κ3) is 1.52. The Morgan fingerprint density at radius 3 is 2.69 bits per heavy atom. The molecule has 0 saturated carbocycles. The minimum Gasteiger partial charge on any atom is -0.365 e. The van der Waals surface area contributed by atoms with Crippen LogP contribution in [-0.4, -0.2) is 18.5 Å². The first kappa shape index (κ1) is 11.1. The number of para-hydroxylation sites is 1. The minimum absolute atomic E-state index is 0.0986. The number of benzene rings is 1. The third-order valence-corrected chi connectivity index (χ3v) is 3.94. The number of hydrogen-bond donors (Lipinski definition) is 2. The highest BCUT2D eigenvalue weighted by Crippen LogP contribution is 2.35. The summed E-state index contributed by atoms with van der Waals surface area (Å²) in [7, 11) is 0. The molecule has 1 aliphatic heterocycles. The van der Waals surface area contributed by atoms with Crippen LogP contribution >= 0.6 is 0 Å². The van der Waals surface area contributed by atoms with Gasteiger partial charge in [0.15, 0.2) is 6.54 Å². The molecule has 0 radical (unpaired) electrons. The standard InChI is InChI=1S/C13H18N2O/c1-9-13(2,3)10-6-4-5-7-11(10)15(9)8-12(14)16/h4-7,9H,8H2,1-3H3,(H2,14,16)/p+1. The molecule has 1 amide bonds. The Bertz CT molecular complexity index is 426. The van der Waals surface area contributed by atoms with Crippen molar-refractivity contribution < 1.29 is 9.69 Å². The Morgan fingerprint density at radius 2 is 2.06 bits per heavy atom. The normalized spacial score (nSPS) is 26.4. The summed E-state index contributed by atoms with van der Waals surface area (Å²) in [6, 6.07) is 8.70. The Balaban J connectivity index is 2.47. The van der Waals surface area contributed by atoms with Crippen molar-refractivity contribution in [3.05, 3.63) is 29.8 Å². The van der Waals surface area contributed by atoms with Crippen molar-refractivity contribution in [2.75, 3.05) is 6.54 Å². The predicted molar refractivity (Wildman–Crippen MR) is 63.6 cm³/mol. The van der Waals surface area contributed by atoms with Crippen LogP contribution in [0.4, 0.5) is 5.69 Å². The zero-order valence-corrected chi connectivity index (χ0v) is 10.1. The number of rotatable bonds is 2. The summed E-state index contributed by atoms with van der Waals surface area (Å²) in [6.07, 6.45) is 0. The molecule has 1 aromatic rings. The van der Waals surface area contributed by atoms with Crippen LogP contribution in [0.3, 0.4) is 0 Å². The average molecular weight is 219 g/mol. The molecule has 0 aromatic heterocycles. The molecule has 3 nitrogen and oxygen atoms in total. The molecular weight excluding hydrogens is 200 g/mol. The van der Waals surface area contributed by atoms with Crippen LogP contribution in [-0.2, 0) is 10.2 Å². The lowest BCUT2D eigenvalue weighted by Crippen LogP contribution is -3.11. The van der Waals surface area contributed by atoms with E-state index in [9.17, 15) is 4.79 Å². The number of amides is 1. The Kier molecular flexibility index (Phi) is 2.50. The molecule has 3 N–H and O–H groups in total. The smallest absolute Gasteiger partial charge is 0.273 e. The number of nitrogens with two attached hydrogens (primary N) is 1. The number of carbonyl (C=O) groups is 1. The van der Waals surface area contributed by atoms with Crippen molar-refractivity contribution in [1.29, 1.82) is 0 Å². The first-order chi connectivity index (χ1) is 7.44. The zero-order chi connectivity index (χ0) is 11.9. The molecule has 3 heteroatoms. The van der Waals surface area contributed by atoms with Crippen LogP contribution in [0.2, 0.25) is 0 Å². The van der Waals surface area contributed by atoms with Crippen molar-refractivity contribution >= 4 is 11.6 Å². The molecule has 2 unspecified atom stereocenters. The van der Waals surface area contributed by atoms with Crippen molar-refractivity contribution in [3.63, 3.8) is 0 Å². The van der Waals surface area contributed by atoms with Crippen molar-refractivity contribution in [2.45, 2.75) is 32.2 Å². The number of fused-ring (bicyclic) bond motifs is 1. The first-order valence-electron chi connectivity index (χ1n) is 5.68. The SMILES string of the molecule is CC1[NH+](CC(N)=O)c2ccccc2C1(C)C. The quantitative estimate of drug-likeness (QED) is 0.741. The van der Waals surface area contributed by atoms with Gasteiger partial charge in [0.1, 0.15) is 5.69 Å². The molecular formula is C13H19N2O+. The summed E-state index contributed by atoms with van der Waals surface area (Å²) in [5, 5.41) is 0. The summed E-state index contributed by atoms with van der Waals surface area (Å²) < 4.78 is 0. The number of nitrogens with one attached hydrogen (secondary N) is 1. The highest BCUT2D eigenvalue weighted by molar-refractivity contribution is 5.75. The van der Waals surface area contributed by atoms with Gasteiger partial charge in [0, 0.05) is 11.0 Å². The molecule has 86 valence electrons. The summed E-state index contributed by atoms with van der Waals surface area (Å²) in [5.74, 6) is -0.241. The van der Waals surface area contributed by atoms with E-state index in [1.165, 1.54) is 16.2 Å². The van der Waals surface area contributed by atoms with E-state index in [2.05, 4.69) is 39.0 Å². The summed E-state index contributed by atoms with van der Waals surface area (Å²) >= 11 is 0. The van der Waals surface area contributed by atoms with E-state index in [0.29, 0.717) is 12.6 Å². The molecule has 0 spiro atoms. The van der Waals surface area contributed by atoms with Crippen molar-refractivity contribution in [3.8, 4) is 0 Å². The molecule has 0 bridgehead atoms. The highest BCUT2D eigenvalue weighted by atomic mass is 16.1. The van der Waals surface area contributed by atoms with Gasteiger partial charge in [-0.05, 0) is 26.8 Å². The van der Waals surface area contributed by atoms with Crippen molar-refractivity contribution in [1.82, 2.24) is 0 Å². The maximum Gasteiger partial charge on any atom is 0.273 e. The van der Waals surface area contributed by atoms with E-state index in [0.717, 1.165) is 0 Å². The van der Waals surface area contributed by atoms with Crippen LogP contribution in [0.15, 0.2) is 24.3 Å². The van der Waals surface area contributed by atoms with Gasteiger partial charge in [0.05, 0.1) is 6.04 Å². The van der Waals surface area contributed by atoms with Gasteiger partial charge in [-0.3, -0.25) is 9.69 Å². The first-order valence-corrected chi connectivity index (χ1v) is 5.68. The molecule has 16 heavy (non-hydrogen) atoms. The van der Waals surface area contributed by atoms with Crippen LogP contribution in [0.5, 0.6) is 0 Å². The van der Waals surface area contributed by atoms with Gasteiger partial charge in [0.2, 0.25) is 0 Å². The second-order valence-corrected chi connectivity index (χ2v) is 5.16. The van der Waals surface area contributed by atoms with Gasteiger partial charge in [-0.25, -0.2) is 0 Å². The average Bonchev–Trinajstić information content (AvgIpc) is 2.41. The fourth-order valence-electron chi connectivity index (χ4n) is 2.66. The molecule has 0 aliphatic carbocycles. The fraction of sp³-hybridized carbons (Fsp3) is 0.462. The largest absolute Gasteiger partial charge is 0.365 e. The number of quaternary nitrogens is 1. The van der Waals surface area contributed by atoms with Crippen molar-refractivity contribution in [2.24, 2.45) is 5.73 Å². The monoisotopic (exact) mass is 219 g/mol. The van der Waals surface area contributed by atoms with Crippen LogP contribution in [0.25, 0.3) is 0 Å². The second kappa shape index (κ2) is 3.59. The van der Waals surface area contributed by atoms with E-state index in [1.807, 2.05) is 6.07 Å². The minimum atomic E-state index is -0.241. The maximum atomic E-state index is 11.1. The molecule has 0 fully saturated rings. The lowest BCUT2D eigenvalue weighted by molar-refractivity contribution is -0.847. The topological polar surface area (TPSA) is 47.5 Å². The molecule has 0 saturated heterocycles. The maximum absolute atomic E-state index is 11.1. The Labute approximate surface area is 96.2 Å². The molecule has 2 atom stereocenters. The van der Waals surface area contributed by atoms with Gasteiger partial charge < -0.3 is 5.73 Å². The summed E-state index contributed by atoms with van der Waals surface area (Å²) in [4.78, 5) is 12.3. The van der Waals surface area contributed by atoms with Gasteiger partial charge in [-0.1, -0.05) is 18.2 Å². The third-order valence-electron chi connectivity index (χ3n) is 3.94. The molecule has 1 heterocycles. The van der Waals surface area contributed by atoms with Crippen LogP contribution in [0.1, 0.15) is 26.3 Å². The van der Waals surface area contributed by atoms with E-state index in [-0.39, 0.29) is 11.3 Å². The summed E-state index contributed by atoms with van der Waals surface area (Å²) in [6.45, 7) is 7.01. The number of primary amides is 1. The second-order valence-electron chi connectivity index (χ2n) is 5.16. The van der Waals surface area contributed by atoms with Crippen LogP contribution < -0.4 is 10.6 Å². The van der Waals surface area contributed by atoms with E-state index in [4.69, 9.17) is 5.73 Å². The van der Waals surface area contributed by atoms with E-state index >= 15 is 0 Å². The lowest BCUT2D eigenvalue weighted by atomic mass is 9.81. The zero-order valence-electron chi connectivity index (χ0n) is 10.1. The predicted octanol–water partition coefficient (Wildman–Crippen LogP) is 0.368. The van der Waals surface area contributed by atoms with Crippen LogP contribution in [0, 0.1) is 0 Å².